The van der Waals surface area contributed by atoms with Crippen LogP contribution in [0.3, 0.4) is 0 Å². The Balaban J connectivity index is 1.93. The molecule has 2 rings (SSSR count). The fraction of sp³-hybridized carbons (Fsp3) is 0.154. The van der Waals surface area contributed by atoms with Crippen LogP contribution in [0.5, 0.6) is 0 Å². The van der Waals surface area contributed by atoms with Crippen LogP contribution in [0, 0.1) is 3.57 Å². The summed E-state index contributed by atoms with van der Waals surface area (Å²) in [5.74, 6) is -0.0721. The first kappa shape index (κ1) is 13.8. The Bertz CT molecular complexity index is 542. The molecular weight excluding hydrogens is 381 g/mol. The van der Waals surface area contributed by atoms with E-state index in [0.29, 0.717) is 17.1 Å². The van der Waals surface area contributed by atoms with Crippen LogP contribution in [-0.4, -0.2) is 12.5 Å². The van der Waals surface area contributed by atoms with Crippen molar-refractivity contribution in [2.24, 2.45) is 0 Å². The molecule has 0 fully saturated rings. The Kier molecular flexibility index (Phi) is 5.03. The van der Waals surface area contributed by atoms with Crippen molar-refractivity contribution in [2.45, 2.75) is 6.42 Å². The zero-order chi connectivity index (χ0) is 13.0. The van der Waals surface area contributed by atoms with Crippen LogP contribution in [0.15, 0.2) is 35.0 Å². The van der Waals surface area contributed by atoms with Gasteiger partial charge in [-0.2, -0.15) is 11.3 Å². The van der Waals surface area contributed by atoms with E-state index in [1.54, 1.807) is 23.5 Å². The van der Waals surface area contributed by atoms with Gasteiger partial charge in [0.25, 0.3) is 5.91 Å². The van der Waals surface area contributed by atoms with Gasteiger partial charge >= 0.3 is 0 Å². The largest absolute Gasteiger partial charge is 0.352 e. The minimum absolute atomic E-state index is 0.0721. The first-order chi connectivity index (χ1) is 8.66. The number of hydrogen-bond acceptors (Lipinski definition) is 2. The molecule has 0 aliphatic rings. The lowest BCUT2D eigenvalue weighted by Crippen LogP contribution is -2.26. The molecule has 1 aromatic carbocycles. The minimum atomic E-state index is -0.0721. The molecule has 94 valence electrons. The second-order valence-electron chi connectivity index (χ2n) is 3.76. The molecule has 0 aliphatic carbocycles. The molecule has 0 atom stereocenters. The topological polar surface area (TPSA) is 29.1 Å². The fourth-order valence-electron chi connectivity index (χ4n) is 1.52. The van der Waals surface area contributed by atoms with Gasteiger partial charge in [0, 0.05) is 15.1 Å². The van der Waals surface area contributed by atoms with E-state index in [2.05, 4.69) is 39.4 Å². The molecule has 0 unspecified atom stereocenters. The maximum absolute atomic E-state index is 12.0. The van der Waals surface area contributed by atoms with Crippen molar-refractivity contribution in [1.82, 2.24) is 5.32 Å². The van der Waals surface area contributed by atoms with Gasteiger partial charge in [-0.3, -0.25) is 4.79 Å². The summed E-state index contributed by atoms with van der Waals surface area (Å²) in [5, 5.41) is 7.62. The monoisotopic (exact) mass is 391 g/mol. The van der Waals surface area contributed by atoms with Crippen LogP contribution in [0.1, 0.15) is 15.9 Å². The van der Waals surface area contributed by atoms with E-state index in [1.807, 2.05) is 11.4 Å². The average Bonchev–Trinajstić information content (AvgIpc) is 2.85. The van der Waals surface area contributed by atoms with Crippen molar-refractivity contribution in [1.29, 1.82) is 0 Å². The number of halogens is 2. The van der Waals surface area contributed by atoms with Crippen molar-refractivity contribution in [3.8, 4) is 0 Å². The van der Waals surface area contributed by atoms with Crippen molar-refractivity contribution >= 4 is 51.4 Å². The summed E-state index contributed by atoms with van der Waals surface area (Å²) in [7, 11) is 0. The number of carbonyl (C=O) groups is 1. The molecule has 2 aromatic rings. The average molecular weight is 392 g/mol. The lowest BCUT2D eigenvalue weighted by Gasteiger charge is -2.06. The van der Waals surface area contributed by atoms with Crippen molar-refractivity contribution in [3.05, 3.63) is 54.7 Å². The van der Waals surface area contributed by atoms with Crippen LogP contribution in [0.2, 0.25) is 5.02 Å². The van der Waals surface area contributed by atoms with Crippen molar-refractivity contribution in [3.63, 3.8) is 0 Å². The van der Waals surface area contributed by atoms with E-state index in [1.165, 1.54) is 5.56 Å². The van der Waals surface area contributed by atoms with E-state index in [9.17, 15) is 4.79 Å². The summed E-state index contributed by atoms with van der Waals surface area (Å²) < 4.78 is 0.907. The quantitative estimate of drug-likeness (QED) is 0.785. The molecule has 0 saturated heterocycles. The predicted molar refractivity (Wildman–Crippen MR) is 84.5 cm³/mol. The molecule has 0 saturated carbocycles. The Hall–Kier alpha value is -0.590. The van der Waals surface area contributed by atoms with E-state index in [4.69, 9.17) is 11.6 Å². The Morgan fingerprint density at radius 1 is 1.39 bits per heavy atom. The lowest BCUT2D eigenvalue weighted by molar-refractivity contribution is 0.0953. The highest BCUT2D eigenvalue weighted by Gasteiger charge is 2.09. The maximum atomic E-state index is 12.0. The third-order valence-electron chi connectivity index (χ3n) is 2.45. The van der Waals surface area contributed by atoms with Gasteiger partial charge in [-0.15, -0.1) is 0 Å². The second kappa shape index (κ2) is 6.54. The number of amides is 1. The summed E-state index contributed by atoms with van der Waals surface area (Å²) in [6.45, 7) is 0.637. The van der Waals surface area contributed by atoms with Crippen LogP contribution >= 0.6 is 45.5 Å². The molecule has 1 heterocycles. The first-order valence-corrected chi connectivity index (χ1v) is 7.81. The number of rotatable bonds is 4. The van der Waals surface area contributed by atoms with Gasteiger partial charge in [0.15, 0.2) is 0 Å². The van der Waals surface area contributed by atoms with E-state index in [0.717, 1.165) is 9.99 Å². The molecule has 0 radical (unpaired) electrons. The van der Waals surface area contributed by atoms with E-state index in [-0.39, 0.29) is 5.91 Å². The lowest BCUT2D eigenvalue weighted by atomic mass is 10.2. The molecule has 1 aromatic heterocycles. The van der Waals surface area contributed by atoms with Gasteiger partial charge in [-0.25, -0.2) is 0 Å². The van der Waals surface area contributed by atoms with Crippen molar-refractivity contribution in [2.75, 3.05) is 6.54 Å². The summed E-state index contributed by atoms with van der Waals surface area (Å²) in [6, 6.07) is 7.39. The van der Waals surface area contributed by atoms with Crippen LogP contribution in [0.25, 0.3) is 0 Å². The van der Waals surface area contributed by atoms with E-state index < -0.39 is 0 Å². The highest BCUT2D eigenvalue weighted by atomic mass is 127. The molecule has 0 bridgehead atoms. The highest BCUT2D eigenvalue weighted by Crippen LogP contribution is 2.17. The standard InChI is InChI=1S/C13H11ClINOS/c14-10-1-2-12(15)11(7-10)13(17)16-5-3-9-4-6-18-8-9/h1-2,4,6-8H,3,5H2,(H,16,17). The smallest absolute Gasteiger partial charge is 0.252 e. The Labute approximate surface area is 129 Å². The molecule has 0 aliphatic heterocycles. The summed E-state index contributed by atoms with van der Waals surface area (Å²) in [6.07, 6.45) is 0.854. The molecule has 2 nitrogen and oxygen atoms in total. The number of nitrogens with one attached hydrogen (secondary N) is 1. The van der Waals surface area contributed by atoms with Crippen LogP contribution in [0.4, 0.5) is 0 Å². The number of carbonyl (C=O) groups excluding carboxylic acids is 1. The zero-order valence-corrected chi connectivity index (χ0v) is 13.2. The Morgan fingerprint density at radius 3 is 2.94 bits per heavy atom. The van der Waals surface area contributed by atoms with Gasteiger partial charge in [0.1, 0.15) is 0 Å². The maximum Gasteiger partial charge on any atom is 0.252 e. The molecule has 0 spiro atoms. The molecule has 1 amide bonds. The third-order valence-corrected chi connectivity index (χ3v) is 4.36. The summed E-state index contributed by atoms with van der Waals surface area (Å²) in [4.78, 5) is 12.0. The molecule has 18 heavy (non-hydrogen) atoms. The van der Waals surface area contributed by atoms with Gasteiger partial charge in [-0.05, 0) is 69.6 Å². The molecule has 5 heteroatoms. The van der Waals surface area contributed by atoms with Gasteiger partial charge in [0.2, 0.25) is 0 Å². The van der Waals surface area contributed by atoms with Crippen LogP contribution in [-0.2, 0) is 6.42 Å². The highest BCUT2D eigenvalue weighted by molar-refractivity contribution is 14.1. The number of hydrogen-bond donors (Lipinski definition) is 1. The SMILES string of the molecule is O=C(NCCc1ccsc1)c1cc(Cl)ccc1I. The minimum Gasteiger partial charge on any atom is -0.352 e. The van der Waals surface area contributed by atoms with Gasteiger partial charge < -0.3 is 5.32 Å². The third kappa shape index (κ3) is 3.70. The predicted octanol–water partition coefficient (Wildman–Crippen LogP) is 3.98. The normalized spacial score (nSPS) is 10.3. The summed E-state index contributed by atoms with van der Waals surface area (Å²) in [5.41, 5.74) is 1.88. The van der Waals surface area contributed by atoms with Crippen LogP contribution < -0.4 is 5.32 Å². The first-order valence-electron chi connectivity index (χ1n) is 5.41. The van der Waals surface area contributed by atoms with Gasteiger partial charge in [-0.1, -0.05) is 11.6 Å². The zero-order valence-electron chi connectivity index (χ0n) is 9.45. The van der Waals surface area contributed by atoms with Crippen molar-refractivity contribution < 1.29 is 4.79 Å². The van der Waals surface area contributed by atoms with E-state index >= 15 is 0 Å². The Morgan fingerprint density at radius 2 is 2.22 bits per heavy atom. The number of thiophene rings is 1. The molecule has 1 N–H and O–H groups in total. The second-order valence-corrected chi connectivity index (χ2v) is 6.14. The number of benzene rings is 1. The fourth-order valence-corrected chi connectivity index (χ4v) is 2.98. The van der Waals surface area contributed by atoms with Gasteiger partial charge in [0.05, 0.1) is 5.56 Å². The molecular formula is C13H11ClINOS. The summed E-state index contributed by atoms with van der Waals surface area (Å²) >= 11 is 9.70.